The Labute approximate surface area is 108 Å². The van der Waals surface area contributed by atoms with E-state index in [2.05, 4.69) is 22.6 Å². The van der Waals surface area contributed by atoms with Crippen LogP contribution in [0.15, 0.2) is 48.5 Å². The molecule has 0 unspecified atom stereocenters. The van der Waals surface area contributed by atoms with Crippen LogP contribution < -0.4 is 9.47 Å². The summed E-state index contributed by atoms with van der Waals surface area (Å²) in [6.07, 6.45) is 0. The summed E-state index contributed by atoms with van der Waals surface area (Å²) in [5.74, 6) is 2.51. The Morgan fingerprint density at radius 2 is 1.50 bits per heavy atom. The lowest BCUT2D eigenvalue weighted by atomic mass is 10.3. The van der Waals surface area contributed by atoms with Crippen LogP contribution in [0.2, 0.25) is 0 Å². The topological polar surface area (TPSA) is 18.5 Å². The summed E-state index contributed by atoms with van der Waals surface area (Å²) in [5, 5.41) is 0. The molecule has 0 aliphatic carbocycles. The highest BCUT2D eigenvalue weighted by Gasteiger charge is 2.01. The first kappa shape index (κ1) is 11.3. The quantitative estimate of drug-likeness (QED) is 0.791. The zero-order valence-corrected chi connectivity index (χ0v) is 11.0. The van der Waals surface area contributed by atoms with E-state index in [1.165, 1.54) is 0 Å². The maximum absolute atomic E-state index is 5.75. The van der Waals surface area contributed by atoms with E-state index in [-0.39, 0.29) is 0 Å². The number of ether oxygens (including phenoxy) is 2. The minimum absolute atomic E-state index is 0.810. The third-order valence-electron chi connectivity index (χ3n) is 2.12. The van der Waals surface area contributed by atoms with Gasteiger partial charge in [0, 0.05) is 0 Å². The van der Waals surface area contributed by atoms with Gasteiger partial charge >= 0.3 is 0 Å². The van der Waals surface area contributed by atoms with Crippen LogP contribution in [-0.4, -0.2) is 7.11 Å². The second-order valence-electron chi connectivity index (χ2n) is 3.21. The van der Waals surface area contributed by atoms with Crippen molar-refractivity contribution in [1.82, 2.24) is 0 Å². The van der Waals surface area contributed by atoms with Crippen LogP contribution in [0.3, 0.4) is 0 Å². The van der Waals surface area contributed by atoms with Crippen molar-refractivity contribution < 1.29 is 9.47 Å². The van der Waals surface area contributed by atoms with Crippen molar-refractivity contribution in [2.75, 3.05) is 7.11 Å². The first-order valence-electron chi connectivity index (χ1n) is 4.86. The van der Waals surface area contributed by atoms with E-state index >= 15 is 0 Å². The zero-order chi connectivity index (χ0) is 11.4. The molecule has 0 bridgehead atoms. The van der Waals surface area contributed by atoms with Gasteiger partial charge < -0.3 is 9.47 Å². The van der Waals surface area contributed by atoms with Crippen LogP contribution in [0.4, 0.5) is 0 Å². The van der Waals surface area contributed by atoms with Gasteiger partial charge in [-0.25, -0.2) is 0 Å². The van der Waals surface area contributed by atoms with Gasteiger partial charge in [-0.2, -0.15) is 0 Å². The lowest BCUT2D eigenvalue weighted by Gasteiger charge is -2.07. The van der Waals surface area contributed by atoms with E-state index in [9.17, 15) is 0 Å². The molecule has 2 nitrogen and oxygen atoms in total. The van der Waals surface area contributed by atoms with Crippen LogP contribution in [0, 0.1) is 3.57 Å². The fraction of sp³-hybridized carbons (Fsp3) is 0.0769. The molecule has 2 aromatic rings. The van der Waals surface area contributed by atoms with Gasteiger partial charge in [0.2, 0.25) is 0 Å². The maximum atomic E-state index is 5.75. The number of methoxy groups -OCH3 is 1. The highest BCUT2D eigenvalue weighted by atomic mass is 127. The Morgan fingerprint density at radius 3 is 2.12 bits per heavy atom. The third-order valence-corrected chi connectivity index (χ3v) is 3.02. The summed E-state index contributed by atoms with van der Waals surface area (Å²) in [7, 11) is 1.65. The van der Waals surface area contributed by atoms with Gasteiger partial charge in [-0.05, 0) is 59.0 Å². The maximum Gasteiger partial charge on any atom is 0.140 e. The average molecular weight is 326 g/mol. The molecule has 0 N–H and O–H groups in total. The second kappa shape index (κ2) is 5.21. The molecule has 0 spiro atoms. The Kier molecular flexibility index (Phi) is 3.66. The standard InChI is InChI=1S/C13H11IO2/c1-15-10-6-8-11(9-7-10)16-13-5-3-2-4-12(13)14/h2-9H,1H3. The molecular formula is C13H11IO2. The van der Waals surface area contributed by atoms with E-state index in [0.29, 0.717) is 0 Å². The molecule has 0 aliphatic rings. The second-order valence-corrected chi connectivity index (χ2v) is 4.37. The monoisotopic (exact) mass is 326 g/mol. The Bertz CT molecular complexity index is 466. The van der Waals surface area contributed by atoms with Gasteiger partial charge in [-0.15, -0.1) is 0 Å². The summed E-state index contributed by atoms with van der Waals surface area (Å²) < 4.78 is 11.9. The van der Waals surface area contributed by atoms with Crippen molar-refractivity contribution in [2.24, 2.45) is 0 Å². The minimum atomic E-state index is 0.810. The molecule has 0 saturated heterocycles. The normalized spacial score (nSPS) is 9.88. The van der Waals surface area contributed by atoms with Gasteiger partial charge in [-0.3, -0.25) is 0 Å². The van der Waals surface area contributed by atoms with Crippen molar-refractivity contribution in [3.63, 3.8) is 0 Å². The van der Waals surface area contributed by atoms with Crippen molar-refractivity contribution in [3.05, 3.63) is 52.1 Å². The van der Waals surface area contributed by atoms with Crippen LogP contribution >= 0.6 is 22.6 Å². The number of rotatable bonds is 3. The summed E-state index contributed by atoms with van der Waals surface area (Å²) >= 11 is 2.25. The number of hydrogen-bond donors (Lipinski definition) is 0. The molecular weight excluding hydrogens is 315 g/mol. The molecule has 0 radical (unpaired) electrons. The van der Waals surface area contributed by atoms with Gasteiger partial charge in [-0.1, -0.05) is 12.1 Å². The van der Waals surface area contributed by atoms with Crippen molar-refractivity contribution in [3.8, 4) is 17.2 Å². The largest absolute Gasteiger partial charge is 0.497 e. The molecule has 16 heavy (non-hydrogen) atoms. The molecule has 82 valence electrons. The fourth-order valence-corrected chi connectivity index (χ4v) is 1.80. The minimum Gasteiger partial charge on any atom is -0.497 e. The summed E-state index contributed by atoms with van der Waals surface area (Å²) in [4.78, 5) is 0. The molecule has 0 aromatic heterocycles. The van der Waals surface area contributed by atoms with Gasteiger partial charge in [0.15, 0.2) is 0 Å². The van der Waals surface area contributed by atoms with E-state index in [4.69, 9.17) is 9.47 Å². The summed E-state index contributed by atoms with van der Waals surface area (Å²) in [6, 6.07) is 15.5. The summed E-state index contributed by atoms with van der Waals surface area (Å²) in [5.41, 5.74) is 0. The van der Waals surface area contributed by atoms with E-state index < -0.39 is 0 Å². The number of para-hydroxylation sites is 1. The molecule has 0 aliphatic heterocycles. The Hall–Kier alpha value is -1.23. The molecule has 0 heterocycles. The Morgan fingerprint density at radius 1 is 0.875 bits per heavy atom. The molecule has 0 saturated carbocycles. The van der Waals surface area contributed by atoms with Crippen LogP contribution in [-0.2, 0) is 0 Å². The van der Waals surface area contributed by atoms with Crippen LogP contribution in [0.25, 0.3) is 0 Å². The lowest BCUT2D eigenvalue weighted by molar-refractivity contribution is 0.412. The van der Waals surface area contributed by atoms with Crippen molar-refractivity contribution in [1.29, 1.82) is 0 Å². The Balaban J connectivity index is 2.18. The first-order valence-corrected chi connectivity index (χ1v) is 5.94. The van der Waals surface area contributed by atoms with Crippen molar-refractivity contribution in [2.45, 2.75) is 0 Å². The molecule has 0 amide bonds. The lowest BCUT2D eigenvalue weighted by Crippen LogP contribution is -1.87. The highest BCUT2D eigenvalue weighted by molar-refractivity contribution is 14.1. The molecule has 0 atom stereocenters. The van der Waals surface area contributed by atoms with Gasteiger partial charge in [0.25, 0.3) is 0 Å². The van der Waals surface area contributed by atoms with E-state index in [1.54, 1.807) is 7.11 Å². The van der Waals surface area contributed by atoms with E-state index in [1.807, 2.05) is 48.5 Å². The predicted molar refractivity (Wildman–Crippen MR) is 72.2 cm³/mol. The van der Waals surface area contributed by atoms with Crippen molar-refractivity contribution >= 4 is 22.6 Å². The average Bonchev–Trinajstić information content (AvgIpc) is 2.33. The highest BCUT2D eigenvalue weighted by Crippen LogP contribution is 2.27. The molecule has 3 heteroatoms. The number of hydrogen-bond acceptors (Lipinski definition) is 2. The van der Waals surface area contributed by atoms with Crippen LogP contribution in [0.5, 0.6) is 17.2 Å². The van der Waals surface area contributed by atoms with Crippen LogP contribution in [0.1, 0.15) is 0 Å². The smallest absolute Gasteiger partial charge is 0.140 e. The molecule has 2 rings (SSSR count). The van der Waals surface area contributed by atoms with E-state index in [0.717, 1.165) is 20.8 Å². The van der Waals surface area contributed by atoms with Gasteiger partial charge in [0.1, 0.15) is 17.2 Å². The summed E-state index contributed by atoms with van der Waals surface area (Å²) in [6.45, 7) is 0. The first-order chi connectivity index (χ1) is 7.79. The molecule has 0 fully saturated rings. The number of benzene rings is 2. The third kappa shape index (κ3) is 2.66. The number of halogens is 1. The molecule has 2 aromatic carbocycles. The predicted octanol–water partition coefficient (Wildman–Crippen LogP) is 4.09. The fourth-order valence-electron chi connectivity index (χ4n) is 1.30. The van der Waals surface area contributed by atoms with Gasteiger partial charge in [0.05, 0.1) is 10.7 Å². The SMILES string of the molecule is COc1ccc(Oc2ccccc2I)cc1. The zero-order valence-electron chi connectivity index (χ0n) is 8.81.